The Balaban J connectivity index is 1.86. The maximum Gasteiger partial charge on any atom is 0.186 e. The van der Waals surface area contributed by atoms with Crippen molar-refractivity contribution < 1.29 is 4.42 Å². The molecule has 0 atom stereocenters. The molecule has 0 aliphatic carbocycles. The van der Waals surface area contributed by atoms with Crippen LogP contribution in [-0.4, -0.2) is 0 Å². The summed E-state index contributed by atoms with van der Waals surface area (Å²) in [6, 6.07) is 32.9. The number of hydrogen-bond acceptors (Lipinski definition) is 2. The molecule has 0 N–H and O–H groups in total. The van der Waals surface area contributed by atoms with Crippen LogP contribution in [-0.2, 0) is 0 Å². The van der Waals surface area contributed by atoms with Gasteiger partial charge in [-0.1, -0.05) is 91.0 Å². The Morgan fingerprint density at radius 2 is 1.19 bits per heavy atom. The molecule has 4 rings (SSSR count). The molecule has 130 valence electrons. The molecule has 0 amide bonds. The highest BCUT2D eigenvalue weighted by atomic mass is 16.3. The van der Waals surface area contributed by atoms with Gasteiger partial charge in [0.25, 0.3) is 0 Å². The summed E-state index contributed by atoms with van der Waals surface area (Å²) < 4.78 is 6.04. The third kappa shape index (κ3) is 3.96. The zero-order valence-corrected chi connectivity index (χ0v) is 14.7. The van der Waals surface area contributed by atoms with Crippen molar-refractivity contribution in [1.82, 2.24) is 0 Å². The Morgan fingerprint density at radius 1 is 0.667 bits per heavy atom. The van der Waals surface area contributed by atoms with Crippen LogP contribution in [0.15, 0.2) is 112 Å². The van der Waals surface area contributed by atoms with Crippen LogP contribution in [0, 0.1) is 0 Å². The van der Waals surface area contributed by atoms with Crippen molar-refractivity contribution in [2.75, 3.05) is 0 Å². The lowest BCUT2D eigenvalue weighted by atomic mass is 9.97. The second-order valence-electron chi connectivity index (χ2n) is 6.22. The Morgan fingerprint density at radius 3 is 1.74 bits per heavy atom. The molecule has 4 aromatic rings. The zero-order chi connectivity index (χ0) is 18.5. The zero-order valence-electron chi connectivity index (χ0n) is 14.7. The van der Waals surface area contributed by atoms with Crippen LogP contribution in [0.1, 0.15) is 16.9 Å². The first kappa shape index (κ1) is 16.8. The van der Waals surface area contributed by atoms with Gasteiger partial charge in [0.2, 0.25) is 0 Å². The van der Waals surface area contributed by atoms with Crippen molar-refractivity contribution in [3.8, 4) is 11.3 Å². The van der Waals surface area contributed by atoms with Gasteiger partial charge >= 0.3 is 0 Å². The van der Waals surface area contributed by atoms with Crippen molar-refractivity contribution in [2.24, 2.45) is 0 Å². The summed E-state index contributed by atoms with van der Waals surface area (Å²) >= 11 is 0. The molecule has 1 heterocycles. The van der Waals surface area contributed by atoms with Crippen LogP contribution >= 0.6 is 0 Å². The van der Waals surface area contributed by atoms with E-state index >= 15 is 0 Å². The minimum absolute atomic E-state index is 0.0770. The lowest BCUT2D eigenvalue weighted by Crippen LogP contribution is -1.99. The van der Waals surface area contributed by atoms with Gasteiger partial charge in [0, 0.05) is 17.7 Å². The highest BCUT2D eigenvalue weighted by molar-refractivity contribution is 5.90. The predicted octanol–water partition coefficient (Wildman–Crippen LogP) is 5.90. The maximum absolute atomic E-state index is 12.2. The van der Waals surface area contributed by atoms with Crippen LogP contribution in [0.25, 0.3) is 23.0 Å². The predicted molar refractivity (Wildman–Crippen MR) is 110 cm³/mol. The molecule has 1 aromatic heterocycles. The van der Waals surface area contributed by atoms with Crippen LogP contribution in [0.4, 0.5) is 0 Å². The molecule has 2 nitrogen and oxygen atoms in total. The first-order valence-corrected chi connectivity index (χ1v) is 8.83. The fourth-order valence-corrected chi connectivity index (χ4v) is 3.02. The summed E-state index contributed by atoms with van der Waals surface area (Å²) in [5.41, 5.74) is 3.94. The highest BCUT2D eigenvalue weighted by Gasteiger charge is 2.08. The standard InChI is InChI=1S/C25H18O2/c26-22-16-23(27-25(17-22)21-14-8-3-9-15-21)18-24(19-10-4-1-5-11-19)20-12-6-2-7-13-20/h1-18H. The minimum atomic E-state index is -0.0770. The van der Waals surface area contributed by atoms with Gasteiger partial charge in [-0.05, 0) is 22.8 Å². The van der Waals surface area contributed by atoms with Gasteiger partial charge in [-0.25, -0.2) is 0 Å². The van der Waals surface area contributed by atoms with E-state index in [-0.39, 0.29) is 5.43 Å². The molecule has 0 aliphatic heterocycles. The van der Waals surface area contributed by atoms with E-state index in [9.17, 15) is 4.79 Å². The summed E-state index contributed by atoms with van der Waals surface area (Å²) in [7, 11) is 0. The first-order chi connectivity index (χ1) is 13.3. The van der Waals surface area contributed by atoms with E-state index in [0.29, 0.717) is 11.5 Å². The molecule has 0 spiro atoms. The van der Waals surface area contributed by atoms with Gasteiger partial charge < -0.3 is 4.42 Å². The van der Waals surface area contributed by atoms with E-state index in [2.05, 4.69) is 24.3 Å². The van der Waals surface area contributed by atoms with Gasteiger partial charge in [0.1, 0.15) is 11.5 Å². The Hall–Kier alpha value is -3.65. The lowest BCUT2D eigenvalue weighted by molar-refractivity contribution is 0.553. The van der Waals surface area contributed by atoms with Crippen LogP contribution in [0.5, 0.6) is 0 Å². The summed E-state index contributed by atoms with van der Waals surface area (Å²) in [5.74, 6) is 1.10. The molecule has 0 unspecified atom stereocenters. The van der Waals surface area contributed by atoms with Gasteiger partial charge in [-0.15, -0.1) is 0 Å². The molecule has 0 aliphatic rings. The van der Waals surface area contributed by atoms with Gasteiger partial charge in [-0.3, -0.25) is 4.79 Å². The molecule has 0 radical (unpaired) electrons. The third-order valence-corrected chi connectivity index (χ3v) is 4.30. The van der Waals surface area contributed by atoms with E-state index in [4.69, 9.17) is 4.42 Å². The van der Waals surface area contributed by atoms with Crippen molar-refractivity contribution >= 4 is 11.6 Å². The van der Waals surface area contributed by atoms with Crippen LogP contribution < -0.4 is 5.43 Å². The van der Waals surface area contributed by atoms with E-state index < -0.39 is 0 Å². The van der Waals surface area contributed by atoms with Crippen molar-refractivity contribution in [3.05, 3.63) is 130 Å². The van der Waals surface area contributed by atoms with Crippen LogP contribution in [0.2, 0.25) is 0 Å². The van der Waals surface area contributed by atoms with E-state index in [1.165, 1.54) is 12.1 Å². The van der Waals surface area contributed by atoms with E-state index in [0.717, 1.165) is 22.3 Å². The average Bonchev–Trinajstić information content (AvgIpc) is 2.73. The third-order valence-electron chi connectivity index (χ3n) is 4.30. The first-order valence-electron chi connectivity index (χ1n) is 8.83. The molecule has 0 bridgehead atoms. The lowest BCUT2D eigenvalue weighted by Gasteiger charge is -2.09. The second kappa shape index (κ2) is 7.71. The molecule has 2 heteroatoms. The fourth-order valence-electron chi connectivity index (χ4n) is 3.02. The quantitative estimate of drug-likeness (QED) is 0.459. The van der Waals surface area contributed by atoms with E-state index in [1.807, 2.05) is 72.8 Å². The monoisotopic (exact) mass is 350 g/mol. The molecule has 0 saturated carbocycles. The molecule has 27 heavy (non-hydrogen) atoms. The number of benzene rings is 3. The van der Waals surface area contributed by atoms with Crippen molar-refractivity contribution in [1.29, 1.82) is 0 Å². The van der Waals surface area contributed by atoms with E-state index in [1.54, 1.807) is 0 Å². The van der Waals surface area contributed by atoms with Crippen LogP contribution in [0.3, 0.4) is 0 Å². The molecular formula is C25H18O2. The van der Waals surface area contributed by atoms with Gasteiger partial charge in [-0.2, -0.15) is 0 Å². The minimum Gasteiger partial charge on any atom is -0.456 e. The number of rotatable bonds is 4. The Kier molecular flexibility index (Phi) is 4.80. The summed E-state index contributed by atoms with van der Waals surface area (Å²) in [6.07, 6.45) is 1.93. The maximum atomic E-state index is 12.2. The summed E-state index contributed by atoms with van der Waals surface area (Å²) in [6.45, 7) is 0. The summed E-state index contributed by atoms with van der Waals surface area (Å²) in [5, 5.41) is 0. The Bertz CT molecular complexity index is 1070. The smallest absolute Gasteiger partial charge is 0.186 e. The number of hydrogen-bond donors (Lipinski definition) is 0. The summed E-state index contributed by atoms with van der Waals surface area (Å²) in [4.78, 5) is 12.2. The van der Waals surface area contributed by atoms with Crippen molar-refractivity contribution in [2.45, 2.75) is 0 Å². The fraction of sp³-hybridized carbons (Fsp3) is 0. The van der Waals surface area contributed by atoms with Crippen molar-refractivity contribution in [3.63, 3.8) is 0 Å². The molecular weight excluding hydrogens is 332 g/mol. The largest absolute Gasteiger partial charge is 0.456 e. The average molecular weight is 350 g/mol. The normalized spacial score (nSPS) is 10.4. The van der Waals surface area contributed by atoms with Gasteiger partial charge in [0.15, 0.2) is 5.43 Å². The topological polar surface area (TPSA) is 30.2 Å². The molecule has 0 fully saturated rings. The SMILES string of the molecule is O=c1cc(C=C(c2ccccc2)c2ccccc2)oc(-c2ccccc2)c1. The Labute approximate surface area is 158 Å². The second-order valence-corrected chi connectivity index (χ2v) is 6.22. The molecule has 3 aromatic carbocycles. The van der Waals surface area contributed by atoms with Gasteiger partial charge in [0.05, 0.1) is 0 Å². The highest BCUT2D eigenvalue weighted by Crippen LogP contribution is 2.27. The molecule has 0 saturated heterocycles.